The van der Waals surface area contributed by atoms with Crippen LogP contribution in [0, 0.1) is 16.0 Å². The molecule has 0 amide bonds. The Balaban J connectivity index is 2.24. The fourth-order valence-electron chi connectivity index (χ4n) is 2.52. The highest BCUT2D eigenvalue weighted by Crippen LogP contribution is 2.35. The summed E-state index contributed by atoms with van der Waals surface area (Å²) in [6.45, 7) is 2.18. The molecular formula is C13H17ClN2O2. The number of halogens is 1. The number of para-hydroxylation sites is 1. The van der Waals surface area contributed by atoms with Crippen LogP contribution in [0.15, 0.2) is 18.2 Å². The number of nitro groups is 1. The molecule has 4 nitrogen and oxygen atoms in total. The van der Waals surface area contributed by atoms with Gasteiger partial charge in [-0.25, -0.2) is 0 Å². The molecule has 0 spiro atoms. The van der Waals surface area contributed by atoms with Crippen molar-refractivity contribution >= 4 is 23.0 Å². The van der Waals surface area contributed by atoms with Crippen LogP contribution in [-0.4, -0.2) is 11.0 Å². The van der Waals surface area contributed by atoms with Gasteiger partial charge in [0, 0.05) is 12.1 Å². The molecule has 0 aliphatic heterocycles. The molecule has 0 saturated heterocycles. The summed E-state index contributed by atoms with van der Waals surface area (Å²) < 4.78 is 0. The topological polar surface area (TPSA) is 55.2 Å². The van der Waals surface area contributed by atoms with Gasteiger partial charge in [-0.3, -0.25) is 10.1 Å². The SMILES string of the molecule is CC1CCCCC1Nc1c(Cl)cccc1[N+](=O)[O-]. The first-order chi connectivity index (χ1) is 8.59. The number of benzene rings is 1. The van der Waals surface area contributed by atoms with Crippen molar-refractivity contribution in [2.75, 3.05) is 5.32 Å². The molecule has 1 aromatic rings. The summed E-state index contributed by atoms with van der Waals surface area (Å²) in [6, 6.07) is 5.06. The molecule has 1 saturated carbocycles. The molecule has 2 rings (SSSR count). The van der Waals surface area contributed by atoms with Crippen molar-refractivity contribution in [2.45, 2.75) is 38.6 Å². The fourth-order valence-corrected chi connectivity index (χ4v) is 2.75. The van der Waals surface area contributed by atoms with Crippen LogP contribution < -0.4 is 5.32 Å². The van der Waals surface area contributed by atoms with Gasteiger partial charge in [-0.15, -0.1) is 0 Å². The van der Waals surface area contributed by atoms with E-state index >= 15 is 0 Å². The van der Waals surface area contributed by atoms with Gasteiger partial charge < -0.3 is 5.32 Å². The Labute approximate surface area is 111 Å². The van der Waals surface area contributed by atoms with Gasteiger partial charge in [0.15, 0.2) is 0 Å². The van der Waals surface area contributed by atoms with Crippen molar-refractivity contribution in [2.24, 2.45) is 5.92 Å². The third-order valence-electron chi connectivity index (χ3n) is 3.63. The Morgan fingerprint density at radius 2 is 2.11 bits per heavy atom. The molecule has 2 unspecified atom stereocenters. The van der Waals surface area contributed by atoms with Crippen molar-refractivity contribution in [1.82, 2.24) is 0 Å². The van der Waals surface area contributed by atoms with Gasteiger partial charge in [-0.05, 0) is 24.8 Å². The predicted molar refractivity (Wildman–Crippen MR) is 73.1 cm³/mol. The highest BCUT2D eigenvalue weighted by molar-refractivity contribution is 6.33. The van der Waals surface area contributed by atoms with Gasteiger partial charge >= 0.3 is 0 Å². The molecule has 98 valence electrons. The third kappa shape index (κ3) is 2.75. The van der Waals surface area contributed by atoms with Crippen LogP contribution in [0.25, 0.3) is 0 Å². The van der Waals surface area contributed by atoms with Crippen LogP contribution in [0.1, 0.15) is 32.6 Å². The van der Waals surface area contributed by atoms with Gasteiger partial charge in [-0.1, -0.05) is 37.4 Å². The highest BCUT2D eigenvalue weighted by atomic mass is 35.5. The van der Waals surface area contributed by atoms with Crippen molar-refractivity contribution in [1.29, 1.82) is 0 Å². The molecule has 5 heteroatoms. The lowest BCUT2D eigenvalue weighted by atomic mass is 9.86. The smallest absolute Gasteiger partial charge is 0.293 e. The molecule has 2 atom stereocenters. The number of hydrogen-bond acceptors (Lipinski definition) is 3. The molecule has 1 N–H and O–H groups in total. The van der Waals surface area contributed by atoms with Crippen LogP contribution in [0.5, 0.6) is 0 Å². The summed E-state index contributed by atoms with van der Waals surface area (Å²) >= 11 is 6.07. The Morgan fingerprint density at radius 1 is 1.39 bits per heavy atom. The average molecular weight is 269 g/mol. The average Bonchev–Trinajstić information content (AvgIpc) is 2.34. The maximum Gasteiger partial charge on any atom is 0.293 e. The molecule has 1 aliphatic rings. The zero-order chi connectivity index (χ0) is 13.1. The molecular weight excluding hydrogens is 252 g/mol. The molecule has 0 bridgehead atoms. The maximum atomic E-state index is 11.0. The van der Waals surface area contributed by atoms with E-state index in [0.717, 1.165) is 12.8 Å². The first-order valence-electron chi connectivity index (χ1n) is 6.29. The lowest BCUT2D eigenvalue weighted by Crippen LogP contribution is -2.30. The Kier molecular flexibility index (Phi) is 4.07. The van der Waals surface area contributed by atoms with E-state index < -0.39 is 0 Å². The van der Waals surface area contributed by atoms with Gasteiger partial charge in [0.05, 0.1) is 9.95 Å². The second-order valence-corrected chi connectivity index (χ2v) is 5.31. The van der Waals surface area contributed by atoms with E-state index in [1.807, 2.05) is 0 Å². The van der Waals surface area contributed by atoms with E-state index in [-0.39, 0.29) is 16.7 Å². The van der Waals surface area contributed by atoms with Crippen LogP contribution >= 0.6 is 11.6 Å². The number of rotatable bonds is 3. The quantitative estimate of drug-likeness (QED) is 0.659. The van der Waals surface area contributed by atoms with Crippen LogP contribution in [0.3, 0.4) is 0 Å². The first kappa shape index (κ1) is 13.1. The summed E-state index contributed by atoms with van der Waals surface area (Å²) in [7, 11) is 0. The Hall–Kier alpha value is -1.29. The lowest BCUT2D eigenvalue weighted by molar-refractivity contribution is -0.384. The molecule has 0 radical (unpaired) electrons. The summed E-state index contributed by atoms with van der Waals surface area (Å²) in [5.41, 5.74) is 0.517. The van der Waals surface area contributed by atoms with Gasteiger partial charge in [-0.2, -0.15) is 0 Å². The van der Waals surface area contributed by atoms with Gasteiger partial charge in [0.25, 0.3) is 5.69 Å². The standard InChI is InChI=1S/C13H17ClN2O2/c1-9-5-2-3-7-11(9)15-13-10(14)6-4-8-12(13)16(17)18/h4,6,8-9,11,15H,2-3,5,7H2,1H3. The van der Waals surface area contributed by atoms with Crippen molar-refractivity contribution in [3.05, 3.63) is 33.3 Å². The largest absolute Gasteiger partial charge is 0.375 e. The van der Waals surface area contributed by atoms with E-state index in [1.54, 1.807) is 12.1 Å². The zero-order valence-corrected chi connectivity index (χ0v) is 11.1. The summed E-state index contributed by atoms with van der Waals surface area (Å²) in [4.78, 5) is 10.6. The van der Waals surface area contributed by atoms with E-state index in [2.05, 4.69) is 12.2 Å². The minimum Gasteiger partial charge on any atom is -0.375 e. The van der Waals surface area contributed by atoms with E-state index in [9.17, 15) is 10.1 Å². The molecule has 1 aliphatic carbocycles. The molecule has 1 fully saturated rings. The number of nitrogens with zero attached hydrogens (tertiary/aromatic N) is 1. The Morgan fingerprint density at radius 3 is 2.78 bits per heavy atom. The van der Waals surface area contributed by atoms with Crippen LogP contribution in [0.2, 0.25) is 5.02 Å². The second-order valence-electron chi connectivity index (χ2n) is 4.90. The normalized spacial score (nSPS) is 23.7. The van der Waals surface area contributed by atoms with Crippen LogP contribution in [0.4, 0.5) is 11.4 Å². The highest BCUT2D eigenvalue weighted by Gasteiger charge is 2.25. The fraction of sp³-hybridized carbons (Fsp3) is 0.538. The van der Waals surface area contributed by atoms with Gasteiger partial charge in [0.1, 0.15) is 5.69 Å². The third-order valence-corrected chi connectivity index (χ3v) is 3.94. The molecule has 0 heterocycles. The monoisotopic (exact) mass is 268 g/mol. The Bertz CT molecular complexity index is 451. The number of nitro benzene ring substituents is 1. The number of hydrogen-bond donors (Lipinski definition) is 1. The van der Waals surface area contributed by atoms with Crippen LogP contribution in [-0.2, 0) is 0 Å². The summed E-state index contributed by atoms with van der Waals surface area (Å²) in [6.07, 6.45) is 4.61. The maximum absolute atomic E-state index is 11.0. The van der Waals surface area contributed by atoms with Crippen molar-refractivity contribution in [3.8, 4) is 0 Å². The van der Waals surface area contributed by atoms with Gasteiger partial charge in [0.2, 0.25) is 0 Å². The predicted octanol–water partition coefficient (Wildman–Crippen LogP) is 4.24. The minimum atomic E-state index is -0.387. The zero-order valence-electron chi connectivity index (χ0n) is 10.4. The van der Waals surface area contributed by atoms with E-state index in [0.29, 0.717) is 16.6 Å². The lowest BCUT2D eigenvalue weighted by Gasteiger charge is -2.30. The minimum absolute atomic E-state index is 0.0558. The first-order valence-corrected chi connectivity index (χ1v) is 6.67. The van der Waals surface area contributed by atoms with E-state index in [1.165, 1.54) is 18.9 Å². The van der Waals surface area contributed by atoms with E-state index in [4.69, 9.17) is 11.6 Å². The molecule has 1 aromatic carbocycles. The van der Waals surface area contributed by atoms with Crippen molar-refractivity contribution in [3.63, 3.8) is 0 Å². The van der Waals surface area contributed by atoms with Crippen molar-refractivity contribution < 1.29 is 4.92 Å². The number of nitrogens with one attached hydrogen (secondary N) is 1. The second kappa shape index (κ2) is 5.57. The summed E-state index contributed by atoms with van der Waals surface area (Å²) in [5.74, 6) is 0.523. The molecule has 0 aromatic heterocycles. The number of anilines is 1. The molecule has 18 heavy (non-hydrogen) atoms. The summed E-state index contributed by atoms with van der Waals surface area (Å²) in [5, 5.41) is 14.7.